The molecule has 6 nitrogen and oxygen atoms in total. The molecule has 0 radical (unpaired) electrons. The van der Waals surface area contributed by atoms with Gasteiger partial charge in [0.05, 0.1) is 0 Å². The molecule has 3 N–H and O–H groups in total. The smallest absolute Gasteiger partial charge is 0.319 e. The Bertz CT molecular complexity index is 825. The second kappa shape index (κ2) is 8.49. The van der Waals surface area contributed by atoms with Crippen molar-refractivity contribution in [3.63, 3.8) is 0 Å². The fourth-order valence-corrected chi connectivity index (χ4v) is 2.55. The van der Waals surface area contributed by atoms with E-state index in [1.54, 1.807) is 36.4 Å². The zero-order valence-corrected chi connectivity index (χ0v) is 15.2. The van der Waals surface area contributed by atoms with E-state index in [9.17, 15) is 14.4 Å². The lowest BCUT2D eigenvalue weighted by atomic mass is 10.0. The maximum Gasteiger partial charge on any atom is 0.319 e. The molecule has 1 saturated carbocycles. The molecule has 0 aromatic heterocycles. The third-order valence-corrected chi connectivity index (χ3v) is 4.29. The number of carbonyl (C=O) groups excluding carboxylic acids is 3. The van der Waals surface area contributed by atoms with E-state index >= 15 is 0 Å². The van der Waals surface area contributed by atoms with Crippen LogP contribution in [-0.4, -0.2) is 23.8 Å². The van der Waals surface area contributed by atoms with Crippen LogP contribution in [0.2, 0.25) is 0 Å². The molecule has 1 fully saturated rings. The molecular formula is C21H23N3O3. The average molecular weight is 365 g/mol. The minimum Gasteiger partial charge on any atom is -0.335 e. The highest BCUT2D eigenvalue weighted by Gasteiger charge is 2.23. The molecule has 1 aliphatic carbocycles. The fourth-order valence-electron chi connectivity index (χ4n) is 2.55. The Morgan fingerprint density at radius 1 is 0.852 bits per heavy atom. The number of rotatable bonds is 7. The van der Waals surface area contributed by atoms with Gasteiger partial charge in [0.2, 0.25) is 5.91 Å². The number of benzene rings is 2. The molecule has 140 valence electrons. The summed E-state index contributed by atoms with van der Waals surface area (Å²) in [4.78, 5) is 35.9. The van der Waals surface area contributed by atoms with E-state index in [1.165, 1.54) is 0 Å². The van der Waals surface area contributed by atoms with Crippen molar-refractivity contribution in [2.75, 3.05) is 10.6 Å². The molecule has 1 aliphatic rings. The van der Waals surface area contributed by atoms with E-state index in [2.05, 4.69) is 16.0 Å². The van der Waals surface area contributed by atoms with E-state index < -0.39 is 0 Å². The van der Waals surface area contributed by atoms with Crippen molar-refractivity contribution in [2.45, 2.75) is 38.6 Å². The quantitative estimate of drug-likeness (QED) is 0.651. The summed E-state index contributed by atoms with van der Waals surface area (Å²) in [6.45, 7) is 1.96. The molecule has 3 amide bonds. The highest BCUT2D eigenvalue weighted by Crippen LogP contribution is 2.19. The average Bonchev–Trinajstić information content (AvgIpc) is 3.46. The van der Waals surface area contributed by atoms with Crippen molar-refractivity contribution in [2.24, 2.45) is 0 Å². The first-order valence-electron chi connectivity index (χ1n) is 9.07. The minimum absolute atomic E-state index is 0.0497. The first-order valence-corrected chi connectivity index (χ1v) is 9.07. The second-order valence-corrected chi connectivity index (χ2v) is 6.79. The van der Waals surface area contributed by atoms with Crippen LogP contribution in [0.25, 0.3) is 0 Å². The SMILES string of the molecule is Cc1ccc(C(=O)CCC(=O)Nc2ccc(NC(=O)NC3CC3)cc2)cc1. The Labute approximate surface area is 158 Å². The number of amides is 3. The van der Waals surface area contributed by atoms with Crippen LogP contribution in [0, 0.1) is 6.92 Å². The van der Waals surface area contributed by atoms with Crippen molar-refractivity contribution in [3.8, 4) is 0 Å². The third kappa shape index (κ3) is 5.95. The monoisotopic (exact) mass is 365 g/mol. The number of aryl methyl sites for hydroxylation is 1. The summed E-state index contributed by atoms with van der Waals surface area (Å²) < 4.78 is 0. The number of Topliss-reactive ketones (excluding diaryl/α,β-unsaturated/α-hetero) is 1. The summed E-state index contributed by atoms with van der Waals surface area (Å²) >= 11 is 0. The van der Waals surface area contributed by atoms with Crippen LogP contribution >= 0.6 is 0 Å². The lowest BCUT2D eigenvalue weighted by Crippen LogP contribution is -2.30. The number of hydrogen-bond acceptors (Lipinski definition) is 3. The Kier molecular flexibility index (Phi) is 5.86. The predicted octanol–water partition coefficient (Wildman–Crippen LogP) is 3.88. The summed E-state index contributed by atoms with van der Waals surface area (Å²) in [6.07, 6.45) is 2.35. The number of hydrogen-bond donors (Lipinski definition) is 3. The zero-order valence-electron chi connectivity index (χ0n) is 15.2. The fraction of sp³-hybridized carbons (Fsp3) is 0.286. The van der Waals surface area contributed by atoms with Gasteiger partial charge in [0.1, 0.15) is 0 Å². The van der Waals surface area contributed by atoms with Crippen LogP contribution in [0.5, 0.6) is 0 Å². The number of anilines is 2. The number of urea groups is 1. The zero-order chi connectivity index (χ0) is 19.2. The molecule has 3 rings (SSSR count). The molecule has 0 spiro atoms. The van der Waals surface area contributed by atoms with E-state index in [0.29, 0.717) is 23.0 Å². The van der Waals surface area contributed by atoms with Gasteiger partial charge in [-0.3, -0.25) is 9.59 Å². The lowest BCUT2D eigenvalue weighted by molar-refractivity contribution is -0.116. The van der Waals surface area contributed by atoms with Crippen molar-refractivity contribution >= 4 is 29.1 Å². The van der Waals surface area contributed by atoms with Gasteiger partial charge in [-0.2, -0.15) is 0 Å². The summed E-state index contributed by atoms with van der Waals surface area (Å²) in [5.74, 6) is -0.269. The van der Waals surface area contributed by atoms with Crippen LogP contribution in [-0.2, 0) is 4.79 Å². The molecule has 27 heavy (non-hydrogen) atoms. The highest BCUT2D eigenvalue weighted by atomic mass is 16.2. The predicted molar refractivity (Wildman–Crippen MR) is 105 cm³/mol. The van der Waals surface area contributed by atoms with E-state index in [-0.39, 0.29) is 30.6 Å². The van der Waals surface area contributed by atoms with Crippen LogP contribution in [0.4, 0.5) is 16.2 Å². The maximum atomic E-state index is 12.1. The summed E-state index contributed by atoms with van der Waals surface area (Å²) in [5.41, 5.74) is 2.98. The van der Waals surface area contributed by atoms with Gasteiger partial charge >= 0.3 is 6.03 Å². The van der Waals surface area contributed by atoms with Gasteiger partial charge in [-0.05, 0) is 44.0 Å². The Morgan fingerprint density at radius 3 is 2.04 bits per heavy atom. The highest BCUT2D eigenvalue weighted by molar-refractivity contribution is 6.00. The van der Waals surface area contributed by atoms with Gasteiger partial charge in [-0.25, -0.2) is 4.79 Å². The van der Waals surface area contributed by atoms with Crippen LogP contribution < -0.4 is 16.0 Å². The van der Waals surface area contributed by atoms with E-state index in [1.807, 2.05) is 19.1 Å². The van der Waals surface area contributed by atoms with Crippen molar-refractivity contribution in [3.05, 3.63) is 59.7 Å². The largest absolute Gasteiger partial charge is 0.335 e. The van der Waals surface area contributed by atoms with Crippen molar-refractivity contribution in [1.29, 1.82) is 0 Å². The first-order chi connectivity index (χ1) is 13.0. The van der Waals surface area contributed by atoms with Crippen LogP contribution in [0.15, 0.2) is 48.5 Å². The van der Waals surface area contributed by atoms with E-state index in [4.69, 9.17) is 0 Å². The van der Waals surface area contributed by atoms with Gasteiger partial charge in [0.15, 0.2) is 5.78 Å². The van der Waals surface area contributed by atoms with Gasteiger partial charge in [-0.15, -0.1) is 0 Å². The van der Waals surface area contributed by atoms with Crippen LogP contribution in [0.3, 0.4) is 0 Å². The number of ketones is 1. The number of nitrogens with one attached hydrogen (secondary N) is 3. The Morgan fingerprint density at radius 2 is 1.44 bits per heavy atom. The van der Waals surface area contributed by atoms with Crippen LogP contribution in [0.1, 0.15) is 41.6 Å². The standard InChI is InChI=1S/C21H23N3O3/c1-14-2-4-15(5-3-14)19(25)12-13-20(26)22-16-6-8-17(9-7-16)23-21(27)24-18-10-11-18/h2-9,18H,10-13H2,1H3,(H,22,26)(H2,23,24,27). The lowest BCUT2D eigenvalue weighted by Gasteiger charge is -2.08. The molecule has 6 heteroatoms. The minimum atomic E-state index is -0.220. The van der Waals surface area contributed by atoms with Gasteiger partial charge < -0.3 is 16.0 Å². The van der Waals surface area contributed by atoms with Gasteiger partial charge in [0, 0.05) is 35.8 Å². The maximum absolute atomic E-state index is 12.1. The molecule has 2 aromatic carbocycles. The Hall–Kier alpha value is -3.15. The molecule has 0 saturated heterocycles. The second-order valence-electron chi connectivity index (χ2n) is 6.79. The summed E-state index contributed by atoms with van der Waals surface area (Å²) in [7, 11) is 0. The van der Waals surface area contributed by atoms with Crippen molar-refractivity contribution < 1.29 is 14.4 Å². The molecular weight excluding hydrogens is 342 g/mol. The number of carbonyl (C=O) groups is 3. The summed E-state index contributed by atoms with van der Waals surface area (Å²) in [6, 6.07) is 14.3. The van der Waals surface area contributed by atoms with Gasteiger partial charge in [0.25, 0.3) is 0 Å². The topological polar surface area (TPSA) is 87.3 Å². The third-order valence-electron chi connectivity index (χ3n) is 4.29. The molecule has 2 aromatic rings. The molecule has 0 bridgehead atoms. The molecule has 0 atom stereocenters. The van der Waals surface area contributed by atoms with E-state index in [0.717, 1.165) is 18.4 Å². The normalized spacial score (nSPS) is 12.9. The molecule has 0 aliphatic heterocycles. The van der Waals surface area contributed by atoms with Gasteiger partial charge in [-0.1, -0.05) is 29.8 Å². The first kappa shape index (κ1) is 18.6. The Balaban J connectivity index is 1.43. The van der Waals surface area contributed by atoms with Crippen molar-refractivity contribution in [1.82, 2.24) is 5.32 Å². The molecule has 0 heterocycles. The molecule has 0 unspecified atom stereocenters. The summed E-state index contributed by atoms with van der Waals surface area (Å²) in [5, 5.41) is 8.35.